The lowest BCUT2D eigenvalue weighted by Gasteiger charge is -2.32. The van der Waals surface area contributed by atoms with E-state index in [1.807, 2.05) is 52.0 Å². The van der Waals surface area contributed by atoms with Crippen molar-refractivity contribution in [2.24, 2.45) is 0 Å². The van der Waals surface area contributed by atoms with Gasteiger partial charge in [-0.2, -0.15) is 0 Å². The second-order valence-corrected chi connectivity index (χ2v) is 10.00. The second-order valence-electron chi connectivity index (χ2n) is 10.00. The van der Waals surface area contributed by atoms with Gasteiger partial charge in [-0.05, 0) is 102 Å². The van der Waals surface area contributed by atoms with Gasteiger partial charge in [-0.15, -0.1) is 0 Å². The van der Waals surface area contributed by atoms with Crippen molar-refractivity contribution in [2.45, 2.75) is 104 Å². The minimum atomic E-state index is -0.651. The molecule has 0 aliphatic carbocycles. The first kappa shape index (κ1) is 29.8. The van der Waals surface area contributed by atoms with Crippen LogP contribution in [0.4, 0.5) is 0 Å². The molecule has 202 valence electrons. The molecule has 0 aliphatic rings. The van der Waals surface area contributed by atoms with E-state index in [0.29, 0.717) is 23.0 Å². The molecule has 6 heteroatoms. The molecule has 0 saturated heterocycles. The van der Waals surface area contributed by atoms with Crippen molar-refractivity contribution in [3.05, 3.63) is 46.5 Å². The van der Waals surface area contributed by atoms with Gasteiger partial charge in [0, 0.05) is 11.1 Å². The van der Waals surface area contributed by atoms with E-state index >= 15 is 0 Å². The normalized spacial score (nSPS) is 14.9. The number of hydrogen-bond acceptors (Lipinski definition) is 6. The van der Waals surface area contributed by atoms with Crippen LogP contribution < -0.4 is 18.9 Å². The summed E-state index contributed by atoms with van der Waals surface area (Å²) in [5.41, 5.74) is 3.54. The van der Waals surface area contributed by atoms with E-state index in [9.17, 15) is 10.2 Å². The van der Waals surface area contributed by atoms with E-state index in [0.717, 1.165) is 35.1 Å². The Morgan fingerprint density at radius 3 is 1.17 bits per heavy atom. The van der Waals surface area contributed by atoms with Gasteiger partial charge in [-0.25, -0.2) is 0 Å². The van der Waals surface area contributed by atoms with Gasteiger partial charge >= 0.3 is 0 Å². The fourth-order valence-corrected chi connectivity index (χ4v) is 4.79. The lowest BCUT2D eigenvalue weighted by atomic mass is 9.76. The van der Waals surface area contributed by atoms with Crippen LogP contribution in [0.25, 0.3) is 0 Å². The summed E-state index contributed by atoms with van der Waals surface area (Å²) in [6, 6.07) is 7.79. The van der Waals surface area contributed by atoms with Gasteiger partial charge in [0.1, 0.15) is 0 Å². The number of ether oxygens (including phenoxy) is 4. The molecule has 6 nitrogen and oxygen atoms in total. The summed E-state index contributed by atoms with van der Waals surface area (Å²) >= 11 is 0. The van der Waals surface area contributed by atoms with Gasteiger partial charge in [0.25, 0.3) is 0 Å². The molecule has 2 N–H and O–H groups in total. The monoisotopic (exact) mass is 502 g/mol. The largest absolute Gasteiger partial charge is 0.493 e. The van der Waals surface area contributed by atoms with Crippen LogP contribution in [0.2, 0.25) is 0 Å². The fraction of sp³-hybridized carbons (Fsp3) is 0.600. The molecule has 2 unspecified atom stereocenters. The quantitative estimate of drug-likeness (QED) is 0.305. The molecule has 0 heterocycles. The van der Waals surface area contributed by atoms with Crippen LogP contribution >= 0.6 is 0 Å². The van der Waals surface area contributed by atoms with Crippen LogP contribution in [0.5, 0.6) is 23.0 Å². The van der Waals surface area contributed by atoms with Crippen molar-refractivity contribution in [1.29, 1.82) is 0 Å². The molecular formula is C30H46O6. The maximum atomic E-state index is 10.5. The highest BCUT2D eigenvalue weighted by atomic mass is 16.5. The maximum absolute atomic E-state index is 10.5. The molecule has 0 saturated carbocycles. The topological polar surface area (TPSA) is 77.4 Å². The summed E-state index contributed by atoms with van der Waals surface area (Å²) < 4.78 is 24.1. The third-order valence-corrected chi connectivity index (χ3v) is 6.49. The number of rotatable bonds is 13. The highest BCUT2D eigenvalue weighted by Gasteiger charge is 2.32. The molecule has 36 heavy (non-hydrogen) atoms. The highest BCUT2D eigenvalue weighted by Crippen LogP contribution is 2.50. The molecule has 0 aliphatic heterocycles. The Morgan fingerprint density at radius 1 is 0.611 bits per heavy atom. The number of benzene rings is 2. The predicted octanol–water partition coefficient (Wildman–Crippen LogP) is 7.07. The number of aliphatic hydroxyl groups is 2. The number of aliphatic hydroxyl groups excluding tert-OH is 2. The van der Waals surface area contributed by atoms with Crippen molar-refractivity contribution < 1.29 is 29.2 Å². The zero-order chi connectivity index (χ0) is 27.2. The molecule has 0 amide bonds. The molecule has 0 radical (unpaired) electrons. The Morgan fingerprint density at radius 2 is 0.944 bits per heavy atom. The summed E-state index contributed by atoms with van der Waals surface area (Å²) in [7, 11) is 3.25. The molecule has 2 aromatic carbocycles. The van der Waals surface area contributed by atoms with Crippen molar-refractivity contribution >= 4 is 0 Å². The summed E-state index contributed by atoms with van der Waals surface area (Å²) in [6.45, 7) is 15.8. The summed E-state index contributed by atoms with van der Waals surface area (Å²) in [4.78, 5) is 0. The first-order chi connectivity index (χ1) is 17.0. The van der Waals surface area contributed by atoms with Gasteiger partial charge in [0.15, 0.2) is 23.0 Å². The molecule has 4 atom stereocenters. The van der Waals surface area contributed by atoms with Crippen LogP contribution in [0.15, 0.2) is 24.3 Å². The predicted molar refractivity (Wildman–Crippen MR) is 145 cm³/mol. The Hall–Kier alpha value is -2.44. The van der Waals surface area contributed by atoms with Gasteiger partial charge in [-0.3, -0.25) is 0 Å². The Balaban J connectivity index is 2.87. The first-order valence-corrected chi connectivity index (χ1v) is 13.1. The fourth-order valence-electron chi connectivity index (χ4n) is 4.79. The Labute approximate surface area is 217 Å². The Kier molecular flexibility index (Phi) is 10.9. The zero-order valence-electron chi connectivity index (χ0n) is 23.7. The van der Waals surface area contributed by atoms with Gasteiger partial charge < -0.3 is 29.2 Å². The lowest BCUT2D eigenvalue weighted by Crippen LogP contribution is -2.18. The molecule has 2 aromatic rings. The molecule has 0 fully saturated rings. The molecule has 2 rings (SSSR count). The minimum absolute atomic E-state index is 0.0276. The third-order valence-electron chi connectivity index (χ3n) is 6.49. The van der Waals surface area contributed by atoms with Crippen LogP contribution in [0.1, 0.15) is 115 Å². The number of hydrogen-bond donors (Lipinski definition) is 2. The standard InChI is InChI=1S/C30H46O6/c1-11-23(25-13-21(19(7)31)15-27(33-9)29(25)35-17(3)4)24(12-2)26-14-22(20(8)32)16-28(34-10)30(26)36-18(5)6/h13-20,23-24,31-32H,11-12H2,1-10H3/t19-,20-,23?,24?/m1/s1. The van der Waals surface area contributed by atoms with Crippen LogP contribution in [-0.2, 0) is 0 Å². The third kappa shape index (κ3) is 6.86. The first-order valence-electron chi connectivity index (χ1n) is 13.1. The smallest absolute Gasteiger partial charge is 0.165 e. The number of methoxy groups -OCH3 is 2. The van der Waals surface area contributed by atoms with E-state index in [1.165, 1.54) is 0 Å². The molecular weight excluding hydrogens is 456 g/mol. The average molecular weight is 503 g/mol. The van der Waals surface area contributed by atoms with Crippen molar-refractivity contribution in [2.75, 3.05) is 14.2 Å². The lowest BCUT2D eigenvalue weighted by molar-refractivity contribution is 0.195. The van der Waals surface area contributed by atoms with Gasteiger partial charge in [0.2, 0.25) is 0 Å². The van der Waals surface area contributed by atoms with Crippen LogP contribution in [0.3, 0.4) is 0 Å². The molecule has 0 spiro atoms. The van der Waals surface area contributed by atoms with E-state index in [1.54, 1.807) is 28.1 Å². The molecule has 0 bridgehead atoms. The van der Waals surface area contributed by atoms with E-state index in [2.05, 4.69) is 13.8 Å². The Bertz CT molecular complexity index is 900. The van der Waals surface area contributed by atoms with E-state index < -0.39 is 12.2 Å². The van der Waals surface area contributed by atoms with E-state index in [-0.39, 0.29) is 24.0 Å². The summed E-state index contributed by atoms with van der Waals surface area (Å²) in [5, 5.41) is 20.9. The van der Waals surface area contributed by atoms with Crippen molar-refractivity contribution in [3.8, 4) is 23.0 Å². The summed E-state index contributed by atoms with van der Waals surface area (Å²) in [6.07, 6.45) is 0.240. The minimum Gasteiger partial charge on any atom is -0.493 e. The van der Waals surface area contributed by atoms with Crippen molar-refractivity contribution in [1.82, 2.24) is 0 Å². The van der Waals surface area contributed by atoms with Crippen LogP contribution in [0, 0.1) is 0 Å². The molecule has 0 aromatic heterocycles. The highest BCUT2D eigenvalue weighted by molar-refractivity contribution is 5.56. The maximum Gasteiger partial charge on any atom is 0.165 e. The van der Waals surface area contributed by atoms with Crippen LogP contribution in [-0.4, -0.2) is 36.6 Å². The van der Waals surface area contributed by atoms with Gasteiger partial charge in [0.05, 0.1) is 38.6 Å². The average Bonchev–Trinajstić information content (AvgIpc) is 2.82. The summed E-state index contributed by atoms with van der Waals surface area (Å²) in [5.74, 6) is 2.68. The van der Waals surface area contributed by atoms with E-state index in [4.69, 9.17) is 18.9 Å². The zero-order valence-corrected chi connectivity index (χ0v) is 23.7. The van der Waals surface area contributed by atoms with Gasteiger partial charge in [-0.1, -0.05) is 13.8 Å². The second kappa shape index (κ2) is 13.2. The van der Waals surface area contributed by atoms with Crippen molar-refractivity contribution in [3.63, 3.8) is 0 Å². The SMILES string of the molecule is CCC(c1cc([C@@H](C)O)cc(OC)c1OC(C)C)C(CC)c1cc([C@@H](C)O)cc(OC)c1OC(C)C.